The second kappa shape index (κ2) is 2.09. The number of aromatic nitrogens is 2. The summed E-state index contributed by atoms with van der Waals surface area (Å²) in [7, 11) is 1.45. The number of nitrogens with zero attached hydrogens (tertiary/aromatic N) is 2. The Bertz CT molecular complexity index is 248. The van der Waals surface area contributed by atoms with Gasteiger partial charge in [0.25, 0.3) is 5.91 Å². The van der Waals surface area contributed by atoms with Crippen LogP contribution in [0.3, 0.4) is 0 Å². The predicted molar refractivity (Wildman–Crippen MR) is 31.7 cm³/mol. The first-order chi connectivity index (χ1) is 4.63. The van der Waals surface area contributed by atoms with Crippen LogP contribution < -0.4 is 5.73 Å². The first kappa shape index (κ1) is 6.73. The van der Waals surface area contributed by atoms with Gasteiger partial charge in [0.2, 0.25) is 0 Å². The van der Waals surface area contributed by atoms with Crippen LogP contribution in [0, 0.1) is 5.82 Å². The van der Waals surface area contributed by atoms with Crippen molar-refractivity contribution in [1.82, 2.24) is 9.78 Å². The predicted octanol–water partition coefficient (Wildman–Crippen LogP) is -0.342. The summed E-state index contributed by atoms with van der Waals surface area (Å²) in [6.45, 7) is 0. The maximum atomic E-state index is 12.5. The van der Waals surface area contributed by atoms with Crippen LogP contribution in [0.25, 0.3) is 0 Å². The number of amides is 1. The molecule has 5 heteroatoms. The third-order valence-corrected chi connectivity index (χ3v) is 1.13. The number of nitrogens with two attached hydrogens (primary N) is 1. The van der Waals surface area contributed by atoms with Crippen LogP contribution >= 0.6 is 0 Å². The lowest BCUT2D eigenvalue weighted by atomic mass is 10.4. The number of aryl methyl sites for hydroxylation is 1. The Kier molecular flexibility index (Phi) is 1.41. The second-order valence-corrected chi connectivity index (χ2v) is 1.83. The molecular weight excluding hydrogens is 137 g/mol. The van der Waals surface area contributed by atoms with Gasteiger partial charge in [0.1, 0.15) is 0 Å². The standard InChI is InChI=1S/C5H6FN3O/c1-9-4(5(7)10)3(6)2-8-9/h2H,1H3,(H2,7,10). The Hall–Kier alpha value is -1.39. The minimum Gasteiger partial charge on any atom is -0.364 e. The highest BCUT2D eigenvalue weighted by Gasteiger charge is 2.12. The molecule has 1 heterocycles. The summed E-state index contributed by atoms with van der Waals surface area (Å²) in [6, 6.07) is 0. The Morgan fingerprint density at radius 3 is 2.70 bits per heavy atom. The summed E-state index contributed by atoms with van der Waals surface area (Å²) >= 11 is 0. The van der Waals surface area contributed by atoms with Gasteiger partial charge in [0, 0.05) is 7.05 Å². The van der Waals surface area contributed by atoms with Crippen LogP contribution in [-0.2, 0) is 7.05 Å². The van der Waals surface area contributed by atoms with Gasteiger partial charge in [-0.2, -0.15) is 5.10 Å². The molecule has 0 aliphatic rings. The molecule has 0 aliphatic carbocycles. The quantitative estimate of drug-likeness (QED) is 0.584. The van der Waals surface area contributed by atoms with Gasteiger partial charge in [-0.3, -0.25) is 9.48 Å². The molecular formula is C5H6FN3O. The van der Waals surface area contributed by atoms with Crippen LogP contribution in [0.15, 0.2) is 6.20 Å². The number of halogens is 1. The molecule has 10 heavy (non-hydrogen) atoms. The van der Waals surface area contributed by atoms with Crippen molar-refractivity contribution in [3.63, 3.8) is 0 Å². The fourth-order valence-electron chi connectivity index (χ4n) is 0.688. The molecule has 4 nitrogen and oxygen atoms in total. The third-order valence-electron chi connectivity index (χ3n) is 1.13. The monoisotopic (exact) mass is 143 g/mol. The second-order valence-electron chi connectivity index (χ2n) is 1.83. The molecule has 1 amide bonds. The van der Waals surface area contributed by atoms with Gasteiger partial charge in [-0.25, -0.2) is 4.39 Å². The Morgan fingerprint density at radius 1 is 1.90 bits per heavy atom. The van der Waals surface area contributed by atoms with Crippen molar-refractivity contribution < 1.29 is 9.18 Å². The lowest BCUT2D eigenvalue weighted by Crippen LogP contribution is -2.17. The van der Waals surface area contributed by atoms with E-state index in [9.17, 15) is 9.18 Å². The average Bonchev–Trinajstić information content (AvgIpc) is 2.11. The molecule has 0 atom stereocenters. The van der Waals surface area contributed by atoms with Gasteiger partial charge in [-0.05, 0) is 0 Å². The van der Waals surface area contributed by atoms with Gasteiger partial charge in [0.05, 0.1) is 6.20 Å². The molecule has 54 valence electrons. The van der Waals surface area contributed by atoms with Gasteiger partial charge >= 0.3 is 0 Å². The van der Waals surface area contributed by atoms with Crippen LogP contribution in [0.5, 0.6) is 0 Å². The van der Waals surface area contributed by atoms with Crippen molar-refractivity contribution in [1.29, 1.82) is 0 Å². The van der Waals surface area contributed by atoms with Gasteiger partial charge < -0.3 is 5.73 Å². The van der Waals surface area contributed by atoms with Crippen molar-refractivity contribution in [3.05, 3.63) is 17.7 Å². The topological polar surface area (TPSA) is 60.9 Å². The largest absolute Gasteiger partial charge is 0.364 e. The lowest BCUT2D eigenvalue weighted by Gasteiger charge is -1.93. The number of hydrogen-bond acceptors (Lipinski definition) is 2. The molecule has 0 unspecified atom stereocenters. The van der Waals surface area contributed by atoms with E-state index in [4.69, 9.17) is 5.73 Å². The first-order valence-corrected chi connectivity index (χ1v) is 2.60. The van der Waals surface area contributed by atoms with E-state index in [1.807, 2.05) is 0 Å². The zero-order chi connectivity index (χ0) is 7.72. The molecule has 0 spiro atoms. The Labute approximate surface area is 56.4 Å². The SMILES string of the molecule is Cn1ncc(F)c1C(N)=O. The van der Waals surface area contributed by atoms with E-state index >= 15 is 0 Å². The summed E-state index contributed by atoms with van der Waals surface area (Å²) in [6.07, 6.45) is 0.945. The molecule has 1 aromatic rings. The van der Waals surface area contributed by atoms with Crippen molar-refractivity contribution in [2.75, 3.05) is 0 Å². The summed E-state index contributed by atoms with van der Waals surface area (Å²) in [4.78, 5) is 10.4. The first-order valence-electron chi connectivity index (χ1n) is 2.60. The van der Waals surface area contributed by atoms with Crippen LogP contribution in [0.4, 0.5) is 4.39 Å². The average molecular weight is 143 g/mol. The van der Waals surface area contributed by atoms with Crippen LogP contribution in [0.2, 0.25) is 0 Å². The number of carbonyl (C=O) groups is 1. The third kappa shape index (κ3) is 0.854. The molecule has 1 rings (SSSR count). The summed E-state index contributed by atoms with van der Waals surface area (Å²) in [5.74, 6) is -1.49. The number of hydrogen-bond donors (Lipinski definition) is 1. The maximum absolute atomic E-state index is 12.5. The number of rotatable bonds is 1. The van der Waals surface area contributed by atoms with Crippen LogP contribution in [0.1, 0.15) is 10.5 Å². The van der Waals surface area contributed by atoms with E-state index in [0.29, 0.717) is 0 Å². The van der Waals surface area contributed by atoms with Gasteiger partial charge in [-0.15, -0.1) is 0 Å². The highest BCUT2D eigenvalue weighted by molar-refractivity contribution is 5.91. The summed E-state index contributed by atoms with van der Waals surface area (Å²) < 4.78 is 13.6. The van der Waals surface area contributed by atoms with E-state index < -0.39 is 11.7 Å². The molecule has 0 saturated heterocycles. The maximum Gasteiger partial charge on any atom is 0.270 e. The zero-order valence-corrected chi connectivity index (χ0v) is 5.34. The molecule has 0 bridgehead atoms. The van der Waals surface area contributed by atoms with Gasteiger partial charge in [-0.1, -0.05) is 0 Å². The van der Waals surface area contributed by atoms with Crippen molar-refractivity contribution in [3.8, 4) is 0 Å². The van der Waals surface area contributed by atoms with Crippen LogP contribution in [-0.4, -0.2) is 15.7 Å². The summed E-state index contributed by atoms with van der Waals surface area (Å²) in [5.41, 5.74) is 4.63. The number of carbonyl (C=O) groups excluding carboxylic acids is 1. The molecule has 0 radical (unpaired) electrons. The van der Waals surface area contributed by atoms with Crippen molar-refractivity contribution in [2.24, 2.45) is 12.8 Å². The van der Waals surface area contributed by atoms with Crippen molar-refractivity contribution >= 4 is 5.91 Å². The molecule has 0 saturated carbocycles. The molecule has 0 fully saturated rings. The zero-order valence-electron chi connectivity index (χ0n) is 5.34. The minimum atomic E-state index is -0.808. The lowest BCUT2D eigenvalue weighted by molar-refractivity contribution is 0.0987. The fourth-order valence-corrected chi connectivity index (χ4v) is 0.688. The van der Waals surface area contributed by atoms with Gasteiger partial charge in [0.15, 0.2) is 11.5 Å². The van der Waals surface area contributed by atoms with E-state index in [2.05, 4.69) is 5.10 Å². The minimum absolute atomic E-state index is 0.194. The molecule has 1 aromatic heterocycles. The van der Waals surface area contributed by atoms with E-state index in [0.717, 1.165) is 10.9 Å². The smallest absolute Gasteiger partial charge is 0.270 e. The molecule has 0 aliphatic heterocycles. The fraction of sp³-hybridized carbons (Fsp3) is 0.200. The van der Waals surface area contributed by atoms with E-state index in [1.165, 1.54) is 7.05 Å². The Balaban J connectivity index is 3.23. The normalized spacial score (nSPS) is 9.80. The van der Waals surface area contributed by atoms with E-state index in [-0.39, 0.29) is 5.69 Å². The Morgan fingerprint density at radius 2 is 2.50 bits per heavy atom. The van der Waals surface area contributed by atoms with Crippen molar-refractivity contribution in [2.45, 2.75) is 0 Å². The highest BCUT2D eigenvalue weighted by atomic mass is 19.1. The number of primary amides is 1. The molecule has 0 aromatic carbocycles. The highest BCUT2D eigenvalue weighted by Crippen LogP contribution is 2.02. The molecule has 2 N–H and O–H groups in total. The van der Waals surface area contributed by atoms with E-state index in [1.54, 1.807) is 0 Å². The summed E-state index contributed by atoms with van der Waals surface area (Å²) in [5, 5.41) is 3.48.